The van der Waals surface area contributed by atoms with E-state index in [4.69, 9.17) is 5.11 Å². The van der Waals surface area contributed by atoms with E-state index in [9.17, 15) is 0 Å². The molecule has 0 bridgehead atoms. The smallest absolute Gasteiger partial charge is 0.0431 e. The third-order valence-electron chi connectivity index (χ3n) is 2.26. The van der Waals surface area contributed by atoms with Crippen molar-refractivity contribution in [3.63, 3.8) is 0 Å². The minimum absolute atomic E-state index is 0.357. The van der Waals surface area contributed by atoms with E-state index < -0.39 is 0 Å². The molecule has 0 spiro atoms. The van der Waals surface area contributed by atoms with Crippen LogP contribution in [0.15, 0.2) is 12.2 Å². The second-order valence-corrected chi connectivity index (χ2v) is 3.91. The van der Waals surface area contributed by atoms with Gasteiger partial charge < -0.3 is 5.11 Å². The first kappa shape index (κ1) is 12.7. The Kier molecular flexibility index (Phi) is 9.56. The van der Waals surface area contributed by atoms with Crippen molar-refractivity contribution in [2.75, 3.05) is 6.61 Å². The quantitative estimate of drug-likeness (QED) is 0.428. The highest BCUT2D eigenvalue weighted by molar-refractivity contribution is 4.86. The van der Waals surface area contributed by atoms with E-state index in [0.717, 1.165) is 6.42 Å². The van der Waals surface area contributed by atoms with Crippen molar-refractivity contribution in [3.05, 3.63) is 12.2 Å². The minimum Gasteiger partial charge on any atom is -0.396 e. The zero-order valence-corrected chi connectivity index (χ0v) is 9.02. The number of hydrogen-bond acceptors (Lipinski definition) is 1. The predicted molar refractivity (Wildman–Crippen MR) is 58.8 cm³/mol. The van der Waals surface area contributed by atoms with Gasteiger partial charge in [-0.15, -0.1) is 6.58 Å². The molecule has 0 rings (SSSR count). The highest BCUT2D eigenvalue weighted by atomic mass is 16.2. The lowest BCUT2D eigenvalue weighted by Crippen LogP contribution is -1.84. The standard InChI is InChI=1S/C12H24O/c1-12(2)10-8-6-4-3-5-7-9-11-13/h13H,1,3-11H2,2H3. The summed E-state index contributed by atoms with van der Waals surface area (Å²) in [7, 11) is 0. The van der Waals surface area contributed by atoms with Gasteiger partial charge in [0.2, 0.25) is 0 Å². The van der Waals surface area contributed by atoms with E-state index in [1.165, 1.54) is 50.5 Å². The van der Waals surface area contributed by atoms with Crippen molar-refractivity contribution in [2.24, 2.45) is 0 Å². The number of unbranched alkanes of at least 4 members (excludes halogenated alkanes) is 6. The Hall–Kier alpha value is -0.300. The zero-order valence-electron chi connectivity index (χ0n) is 9.02. The molecule has 0 aromatic carbocycles. The molecule has 0 heterocycles. The van der Waals surface area contributed by atoms with Crippen LogP contribution in [0.5, 0.6) is 0 Å². The summed E-state index contributed by atoms with van der Waals surface area (Å²) in [5.41, 5.74) is 1.31. The molecule has 0 aliphatic rings. The van der Waals surface area contributed by atoms with E-state index in [0.29, 0.717) is 6.61 Å². The van der Waals surface area contributed by atoms with Crippen molar-refractivity contribution in [1.29, 1.82) is 0 Å². The molecule has 0 fully saturated rings. The van der Waals surface area contributed by atoms with Crippen molar-refractivity contribution < 1.29 is 5.11 Å². The Morgan fingerprint density at radius 2 is 1.38 bits per heavy atom. The van der Waals surface area contributed by atoms with Crippen LogP contribution in [0.2, 0.25) is 0 Å². The number of allylic oxidation sites excluding steroid dienone is 1. The van der Waals surface area contributed by atoms with E-state index >= 15 is 0 Å². The molecule has 0 amide bonds. The van der Waals surface area contributed by atoms with Gasteiger partial charge in [0.1, 0.15) is 0 Å². The van der Waals surface area contributed by atoms with Crippen molar-refractivity contribution in [2.45, 2.75) is 58.3 Å². The van der Waals surface area contributed by atoms with Crippen LogP contribution >= 0.6 is 0 Å². The monoisotopic (exact) mass is 184 g/mol. The van der Waals surface area contributed by atoms with Crippen LogP contribution in [0, 0.1) is 0 Å². The molecule has 13 heavy (non-hydrogen) atoms. The van der Waals surface area contributed by atoms with Gasteiger partial charge in [-0.05, 0) is 26.2 Å². The van der Waals surface area contributed by atoms with Gasteiger partial charge in [-0.1, -0.05) is 37.7 Å². The topological polar surface area (TPSA) is 20.2 Å². The van der Waals surface area contributed by atoms with Crippen LogP contribution < -0.4 is 0 Å². The second kappa shape index (κ2) is 9.79. The molecule has 0 unspecified atom stereocenters. The maximum atomic E-state index is 8.56. The van der Waals surface area contributed by atoms with Crippen LogP contribution in [0.25, 0.3) is 0 Å². The van der Waals surface area contributed by atoms with Gasteiger partial charge in [-0.3, -0.25) is 0 Å². The average Bonchev–Trinajstić information content (AvgIpc) is 2.09. The maximum absolute atomic E-state index is 8.56. The highest BCUT2D eigenvalue weighted by Crippen LogP contribution is 2.10. The van der Waals surface area contributed by atoms with Gasteiger partial charge in [0.15, 0.2) is 0 Å². The first-order valence-electron chi connectivity index (χ1n) is 5.52. The fourth-order valence-electron chi connectivity index (χ4n) is 1.42. The fraction of sp³-hybridized carbons (Fsp3) is 0.833. The SMILES string of the molecule is C=C(C)CCCCCCCCCO. The zero-order chi connectivity index (χ0) is 9.94. The van der Waals surface area contributed by atoms with Crippen LogP contribution in [-0.2, 0) is 0 Å². The van der Waals surface area contributed by atoms with Gasteiger partial charge in [-0.25, -0.2) is 0 Å². The van der Waals surface area contributed by atoms with Gasteiger partial charge >= 0.3 is 0 Å². The molecular formula is C12H24O. The molecule has 0 aromatic heterocycles. The molecule has 0 saturated heterocycles. The Balaban J connectivity index is 2.87. The Morgan fingerprint density at radius 3 is 1.85 bits per heavy atom. The summed E-state index contributed by atoms with van der Waals surface area (Å²) in [4.78, 5) is 0. The average molecular weight is 184 g/mol. The maximum Gasteiger partial charge on any atom is 0.0431 e. The number of aliphatic hydroxyl groups is 1. The molecule has 0 atom stereocenters. The number of hydrogen-bond donors (Lipinski definition) is 1. The first-order valence-corrected chi connectivity index (χ1v) is 5.52. The van der Waals surface area contributed by atoms with Crippen LogP contribution in [0.4, 0.5) is 0 Å². The Labute approximate surface area is 82.9 Å². The molecule has 1 nitrogen and oxygen atoms in total. The Bertz CT molecular complexity index is 118. The van der Waals surface area contributed by atoms with Crippen molar-refractivity contribution >= 4 is 0 Å². The molecule has 0 saturated carbocycles. The van der Waals surface area contributed by atoms with Gasteiger partial charge in [0.05, 0.1) is 0 Å². The molecule has 1 N–H and O–H groups in total. The lowest BCUT2D eigenvalue weighted by atomic mass is 10.1. The van der Waals surface area contributed by atoms with Gasteiger partial charge in [0, 0.05) is 6.61 Å². The molecule has 78 valence electrons. The van der Waals surface area contributed by atoms with Crippen molar-refractivity contribution in [3.8, 4) is 0 Å². The molecule has 0 aliphatic heterocycles. The number of aliphatic hydroxyl groups excluding tert-OH is 1. The molecule has 0 aliphatic carbocycles. The third-order valence-corrected chi connectivity index (χ3v) is 2.26. The van der Waals surface area contributed by atoms with Crippen molar-refractivity contribution in [1.82, 2.24) is 0 Å². The molecular weight excluding hydrogens is 160 g/mol. The normalized spacial score (nSPS) is 10.3. The molecule has 0 aromatic rings. The lowest BCUT2D eigenvalue weighted by molar-refractivity contribution is 0.282. The summed E-state index contributed by atoms with van der Waals surface area (Å²) in [6, 6.07) is 0. The summed E-state index contributed by atoms with van der Waals surface area (Å²) in [5, 5.41) is 8.56. The van der Waals surface area contributed by atoms with E-state index in [1.807, 2.05) is 0 Å². The van der Waals surface area contributed by atoms with E-state index in [1.54, 1.807) is 0 Å². The van der Waals surface area contributed by atoms with Crippen LogP contribution in [0.3, 0.4) is 0 Å². The lowest BCUT2D eigenvalue weighted by Gasteiger charge is -2.01. The highest BCUT2D eigenvalue weighted by Gasteiger charge is 1.91. The molecule has 0 radical (unpaired) electrons. The van der Waals surface area contributed by atoms with Gasteiger partial charge in [-0.2, -0.15) is 0 Å². The summed E-state index contributed by atoms with van der Waals surface area (Å²) < 4.78 is 0. The summed E-state index contributed by atoms with van der Waals surface area (Å²) in [6.45, 7) is 6.34. The Morgan fingerprint density at radius 1 is 0.923 bits per heavy atom. The number of rotatable bonds is 9. The summed E-state index contributed by atoms with van der Waals surface area (Å²) in [5.74, 6) is 0. The first-order chi connectivity index (χ1) is 6.27. The van der Waals surface area contributed by atoms with E-state index in [-0.39, 0.29) is 0 Å². The van der Waals surface area contributed by atoms with Crippen LogP contribution in [0.1, 0.15) is 58.3 Å². The van der Waals surface area contributed by atoms with E-state index in [2.05, 4.69) is 13.5 Å². The predicted octanol–water partition coefficient (Wildman–Crippen LogP) is 3.68. The largest absolute Gasteiger partial charge is 0.396 e. The molecule has 1 heteroatoms. The second-order valence-electron chi connectivity index (χ2n) is 3.91. The summed E-state index contributed by atoms with van der Waals surface area (Å²) in [6.07, 6.45) is 9.96. The summed E-state index contributed by atoms with van der Waals surface area (Å²) >= 11 is 0. The third kappa shape index (κ3) is 11.7. The minimum atomic E-state index is 0.357. The fourth-order valence-corrected chi connectivity index (χ4v) is 1.42. The van der Waals surface area contributed by atoms with Gasteiger partial charge in [0.25, 0.3) is 0 Å². The van der Waals surface area contributed by atoms with Crippen LogP contribution in [-0.4, -0.2) is 11.7 Å².